The summed E-state index contributed by atoms with van der Waals surface area (Å²) in [6, 6.07) is 0. The average molecular weight is 413 g/mol. The van der Waals surface area contributed by atoms with Crippen molar-refractivity contribution in [2.24, 2.45) is 5.92 Å². The molecule has 0 rings (SSSR count). The Labute approximate surface area is 164 Å². The minimum absolute atomic E-state index is 0.0139. The summed E-state index contributed by atoms with van der Waals surface area (Å²) < 4.78 is 32.7. The fourth-order valence-corrected chi connectivity index (χ4v) is 8.75. The number of hydrogen-bond acceptors (Lipinski definition) is 6. The zero-order chi connectivity index (χ0) is 21.2. The molecular formula is C18H44O6Si2. The molecule has 0 aliphatic rings. The summed E-state index contributed by atoms with van der Waals surface area (Å²) in [4.78, 5) is 0. The third kappa shape index (κ3) is 6.10. The summed E-state index contributed by atoms with van der Waals surface area (Å²) >= 11 is 0. The van der Waals surface area contributed by atoms with Crippen molar-refractivity contribution in [1.29, 1.82) is 0 Å². The van der Waals surface area contributed by atoms with Gasteiger partial charge in [-0.2, -0.15) is 0 Å². The van der Waals surface area contributed by atoms with Crippen LogP contribution in [0.15, 0.2) is 0 Å². The average Bonchev–Trinajstić information content (AvgIpc) is 2.59. The molecule has 0 fully saturated rings. The van der Waals surface area contributed by atoms with Crippen LogP contribution < -0.4 is 0 Å². The smallest absolute Gasteiger partial charge is 0.377 e. The Morgan fingerprint density at radius 2 is 0.962 bits per heavy atom. The highest BCUT2D eigenvalue weighted by atomic mass is 28.4. The van der Waals surface area contributed by atoms with E-state index in [9.17, 15) is 0 Å². The fraction of sp³-hybridized carbons (Fsp3) is 1.00. The maximum absolute atomic E-state index is 5.46. The molecule has 6 nitrogen and oxygen atoms in total. The quantitative estimate of drug-likeness (QED) is 0.457. The number of hydrogen-bond donors (Lipinski definition) is 0. The first-order valence-electron chi connectivity index (χ1n) is 9.18. The van der Waals surface area contributed by atoms with Gasteiger partial charge in [0.05, 0.1) is 0 Å². The lowest BCUT2D eigenvalue weighted by Crippen LogP contribution is -2.54. The second kappa shape index (κ2) is 11.9. The molecule has 0 N–H and O–H groups in total. The van der Waals surface area contributed by atoms with Gasteiger partial charge in [0, 0.05) is 52.7 Å². The first-order chi connectivity index (χ1) is 11.9. The molecule has 0 aromatic carbocycles. The van der Waals surface area contributed by atoms with Gasteiger partial charge in [-0.25, -0.2) is 0 Å². The largest absolute Gasteiger partial charge is 0.506 e. The Bertz CT molecular complexity index is 350. The lowest BCUT2D eigenvalue weighted by atomic mass is 9.99. The molecule has 0 atom stereocenters. The number of rotatable bonds is 11. The molecule has 0 heterocycles. The maximum Gasteiger partial charge on any atom is 0.506 e. The van der Waals surface area contributed by atoms with Crippen molar-refractivity contribution in [3.05, 3.63) is 0 Å². The molecule has 26 heavy (non-hydrogen) atoms. The van der Waals surface area contributed by atoms with Gasteiger partial charge in [-0.3, -0.25) is 0 Å². The van der Waals surface area contributed by atoms with E-state index in [4.69, 9.17) is 26.6 Å². The topological polar surface area (TPSA) is 55.4 Å². The van der Waals surface area contributed by atoms with Crippen LogP contribution in [0.4, 0.5) is 0 Å². The van der Waals surface area contributed by atoms with Gasteiger partial charge in [-0.05, 0) is 12.3 Å². The van der Waals surface area contributed by atoms with E-state index < -0.39 is 17.6 Å². The highest BCUT2D eigenvalue weighted by molar-refractivity contribution is 6.64. The van der Waals surface area contributed by atoms with Gasteiger partial charge in [-0.15, -0.1) is 0 Å². The third-order valence-electron chi connectivity index (χ3n) is 5.55. The van der Waals surface area contributed by atoms with Crippen molar-refractivity contribution >= 4 is 17.6 Å². The van der Waals surface area contributed by atoms with Crippen LogP contribution in [-0.2, 0) is 26.6 Å². The van der Waals surface area contributed by atoms with Crippen molar-refractivity contribution in [3.8, 4) is 0 Å². The molecule has 8 heteroatoms. The molecule has 0 unspecified atom stereocenters. The van der Waals surface area contributed by atoms with Gasteiger partial charge in [0.25, 0.3) is 0 Å². The SMILES string of the molecule is CCCC(C)(C)[Si](OC)(OC)OC.CO[Si](OC)(OC)C(C)(C)C(C)C. The van der Waals surface area contributed by atoms with Crippen LogP contribution in [0, 0.1) is 5.92 Å². The minimum Gasteiger partial charge on any atom is -0.377 e. The predicted octanol–water partition coefficient (Wildman–Crippen LogP) is 4.75. The van der Waals surface area contributed by atoms with Crippen LogP contribution in [0.5, 0.6) is 0 Å². The summed E-state index contributed by atoms with van der Waals surface area (Å²) in [7, 11) is 4.98. The molecule has 0 saturated heterocycles. The molecule has 0 aromatic rings. The third-order valence-corrected chi connectivity index (χ3v) is 12.8. The minimum atomic E-state index is -2.51. The van der Waals surface area contributed by atoms with E-state index in [1.807, 2.05) is 0 Å². The monoisotopic (exact) mass is 412 g/mol. The summed E-state index contributed by atoms with van der Waals surface area (Å²) in [5.74, 6) is 0.457. The van der Waals surface area contributed by atoms with Gasteiger partial charge >= 0.3 is 17.6 Å². The first-order valence-corrected chi connectivity index (χ1v) is 12.6. The Balaban J connectivity index is 0. The van der Waals surface area contributed by atoms with Crippen molar-refractivity contribution < 1.29 is 26.6 Å². The first kappa shape index (κ1) is 28.4. The van der Waals surface area contributed by atoms with Gasteiger partial charge in [0.15, 0.2) is 0 Å². The Hall–Kier alpha value is 0.194. The molecule has 0 radical (unpaired) electrons. The maximum atomic E-state index is 5.46. The van der Waals surface area contributed by atoms with E-state index in [0.717, 1.165) is 12.8 Å². The standard InChI is InChI=1S/2C9H22O3Si/c1-8(2)9(3,4)13(10-5,11-6)12-7;1-7-8-9(2,3)13(10-4,11-5)12-6/h8H,1-7H3;7-8H2,1-6H3. The fourth-order valence-electron chi connectivity index (χ4n) is 3.25. The second-order valence-corrected chi connectivity index (χ2v) is 15.2. The van der Waals surface area contributed by atoms with E-state index in [1.165, 1.54) is 0 Å². The van der Waals surface area contributed by atoms with E-state index >= 15 is 0 Å². The van der Waals surface area contributed by atoms with Gasteiger partial charge in [0.1, 0.15) is 0 Å². The normalized spacial score (nSPS) is 13.6. The summed E-state index contributed by atoms with van der Waals surface area (Å²) in [5.41, 5.74) is 0. The zero-order valence-corrected chi connectivity index (χ0v) is 21.4. The Morgan fingerprint density at radius 1 is 0.654 bits per heavy atom. The Kier molecular flexibility index (Phi) is 13.0. The molecule has 0 saturated carbocycles. The van der Waals surface area contributed by atoms with Crippen LogP contribution in [0.1, 0.15) is 61.3 Å². The van der Waals surface area contributed by atoms with Crippen LogP contribution in [0.25, 0.3) is 0 Å². The van der Waals surface area contributed by atoms with Crippen LogP contribution >= 0.6 is 0 Å². The second-order valence-electron chi connectivity index (χ2n) is 7.85. The molecule has 160 valence electrons. The van der Waals surface area contributed by atoms with Crippen molar-refractivity contribution in [1.82, 2.24) is 0 Å². The predicted molar refractivity (Wildman–Crippen MR) is 111 cm³/mol. The Morgan fingerprint density at radius 3 is 1.12 bits per heavy atom. The van der Waals surface area contributed by atoms with Crippen molar-refractivity contribution in [2.45, 2.75) is 71.4 Å². The van der Waals surface area contributed by atoms with Gasteiger partial charge < -0.3 is 26.6 Å². The van der Waals surface area contributed by atoms with Crippen molar-refractivity contribution in [2.75, 3.05) is 42.7 Å². The van der Waals surface area contributed by atoms with Crippen LogP contribution in [0.3, 0.4) is 0 Å². The molecule has 0 spiro atoms. The molecule has 0 bridgehead atoms. The van der Waals surface area contributed by atoms with E-state index in [0.29, 0.717) is 5.92 Å². The van der Waals surface area contributed by atoms with E-state index in [-0.39, 0.29) is 10.1 Å². The van der Waals surface area contributed by atoms with Crippen LogP contribution in [0.2, 0.25) is 10.1 Å². The summed E-state index contributed by atoms with van der Waals surface area (Å²) in [6.45, 7) is 15.0. The van der Waals surface area contributed by atoms with Gasteiger partial charge in [0.2, 0.25) is 0 Å². The van der Waals surface area contributed by atoms with Gasteiger partial charge in [-0.1, -0.05) is 54.9 Å². The summed E-state index contributed by atoms with van der Waals surface area (Å²) in [6.07, 6.45) is 2.16. The van der Waals surface area contributed by atoms with E-state index in [2.05, 4.69) is 48.5 Å². The summed E-state index contributed by atoms with van der Waals surface area (Å²) in [5, 5.41) is -0.0781. The zero-order valence-electron chi connectivity index (χ0n) is 19.4. The van der Waals surface area contributed by atoms with E-state index in [1.54, 1.807) is 42.7 Å². The molecule has 0 aliphatic carbocycles. The highest BCUT2D eigenvalue weighted by Gasteiger charge is 2.55. The lowest BCUT2D eigenvalue weighted by molar-refractivity contribution is 0.0844. The molecule has 0 aromatic heterocycles. The lowest BCUT2D eigenvalue weighted by Gasteiger charge is -2.41. The molecule has 0 amide bonds. The van der Waals surface area contributed by atoms with Crippen LogP contribution in [-0.4, -0.2) is 60.3 Å². The van der Waals surface area contributed by atoms with Crippen molar-refractivity contribution in [3.63, 3.8) is 0 Å². The highest BCUT2D eigenvalue weighted by Crippen LogP contribution is 2.45. The molecular weight excluding hydrogens is 368 g/mol. The molecule has 0 aliphatic heterocycles.